The van der Waals surface area contributed by atoms with Crippen LogP contribution < -0.4 is 5.32 Å². The molecule has 1 aliphatic heterocycles. The molecule has 0 spiro atoms. The highest BCUT2D eigenvalue weighted by Crippen LogP contribution is 2.32. The molecule has 0 unspecified atom stereocenters. The number of imide groups is 1. The summed E-state index contributed by atoms with van der Waals surface area (Å²) in [5.74, 6) is -0.315. The fourth-order valence-electron chi connectivity index (χ4n) is 1.85. The number of aryl methyl sites for hydroxylation is 1. The van der Waals surface area contributed by atoms with E-state index in [9.17, 15) is 9.59 Å². The maximum absolute atomic E-state index is 11.5. The zero-order valence-corrected chi connectivity index (χ0v) is 12.3. The second-order valence-corrected chi connectivity index (χ2v) is 6.55. The number of carbonyl (C=O) groups excluding carboxylic acids is 2. The van der Waals surface area contributed by atoms with Crippen LogP contribution in [0.1, 0.15) is 10.4 Å². The lowest BCUT2D eigenvalue weighted by Crippen LogP contribution is -2.17. The molecule has 0 atom stereocenters. The molecule has 1 fully saturated rings. The lowest BCUT2D eigenvalue weighted by atomic mass is 10.1. The van der Waals surface area contributed by atoms with Crippen LogP contribution in [0.25, 0.3) is 16.5 Å². The van der Waals surface area contributed by atoms with Gasteiger partial charge < -0.3 is 0 Å². The van der Waals surface area contributed by atoms with Gasteiger partial charge in [0.15, 0.2) is 0 Å². The fraction of sp³-hybridized carbons (Fsp3) is 0.0667. The molecule has 2 aromatic rings. The number of thiophene rings is 1. The van der Waals surface area contributed by atoms with Gasteiger partial charge in [-0.15, -0.1) is 11.3 Å². The molecule has 0 saturated carbocycles. The minimum Gasteiger partial charge on any atom is -0.282 e. The summed E-state index contributed by atoms with van der Waals surface area (Å²) in [5, 5.41) is 1.94. The van der Waals surface area contributed by atoms with E-state index in [1.807, 2.05) is 12.1 Å². The van der Waals surface area contributed by atoms with Gasteiger partial charge in [0.05, 0.1) is 4.91 Å². The van der Waals surface area contributed by atoms with Crippen LogP contribution >= 0.6 is 23.1 Å². The number of amides is 2. The highest BCUT2D eigenvalue weighted by molar-refractivity contribution is 8.18. The maximum atomic E-state index is 11.5. The Morgan fingerprint density at radius 2 is 1.80 bits per heavy atom. The van der Waals surface area contributed by atoms with E-state index in [0.29, 0.717) is 4.91 Å². The summed E-state index contributed by atoms with van der Waals surface area (Å²) in [4.78, 5) is 25.2. The van der Waals surface area contributed by atoms with Crippen LogP contribution in [0, 0.1) is 6.92 Å². The van der Waals surface area contributed by atoms with Crippen molar-refractivity contribution in [1.82, 2.24) is 5.32 Å². The number of hydrogen-bond acceptors (Lipinski definition) is 4. The first-order chi connectivity index (χ1) is 9.61. The molecule has 1 aromatic heterocycles. The van der Waals surface area contributed by atoms with E-state index in [1.54, 1.807) is 17.4 Å². The van der Waals surface area contributed by atoms with Crippen molar-refractivity contribution in [1.29, 1.82) is 0 Å². The predicted octanol–water partition coefficient (Wildman–Crippen LogP) is 4.05. The van der Waals surface area contributed by atoms with Crippen LogP contribution in [0.4, 0.5) is 4.79 Å². The summed E-state index contributed by atoms with van der Waals surface area (Å²) >= 11 is 2.54. The Kier molecular flexibility index (Phi) is 3.46. The number of nitrogens with one attached hydrogen (secondary N) is 1. The summed E-state index contributed by atoms with van der Waals surface area (Å²) in [6.45, 7) is 2.06. The molecular formula is C15H11NO2S2. The highest BCUT2D eigenvalue weighted by atomic mass is 32.2. The number of carbonyl (C=O) groups is 2. The van der Waals surface area contributed by atoms with Crippen LogP contribution in [0.5, 0.6) is 0 Å². The van der Waals surface area contributed by atoms with Crippen LogP contribution in [-0.2, 0) is 4.79 Å². The molecule has 1 N–H and O–H groups in total. The normalized spacial score (nSPS) is 16.8. The Balaban J connectivity index is 1.87. The Morgan fingerprint density at radius 1 is 1.05 bits per heavy atom. The van der Waals surface area contributed by atoms with Crippen molar-refractivity contribution in [2.45, 2.75) is 6.92 Å². The summed E-state index contributed by atoms with van der Waals surface area (Å²) in [5.41, 5.74) is 2.38. The van der Waals surface area contributed by atoms with E-state index in [0.717, 1.165) is 27.1 Å². The molecular weight excluding hydrogens is 290 g/mol. The molecule has 1 aliphatic rings. The predicted molar refractivity (Wildman–Crippen MR) is 83.6 cm³/mol. The van der Waals surface area contributed by atoms with Crippen molar-refractivity contribution in [2.24, 2.45) is 0 Å². The minimum absolute atomic E-state index is 0.309. The highest BCUT2D eigenvalue weighted by Gasteiger charge is 2.25. The van der Waals surface area contributed by atoms with Gasteiger partial charge in [0.25, 0.3) is 11.1 Å². The maximum Gasteiger partial charge on any atom is 0.290 e. The number of benzene rings is 1. The van der Waals surface area contributed by atoms with Crippen molar-refractivity contribution < 1.29 is 9.59 Å². The van der Waals surface area contributed by atoms with Crippen LogP contribution in [0.15, 0.2) is 41.3 Å². The molecule has 1 aromatic carbocycles. The molecule has 2 heterocycles. The zero-order chi connectivity index (χ0) is 14.1. The lowest BCUT2D eigenvalue weighted by molar-refractivity contribution is -0.115. The second kappa shape index (κ2) is 5.26. The molecule has 3 rings (SSSR count). The van der Waals surface area contributed by atoms with Gasteiger partial charge in [0.1, 0.15) is 0 Å². The van der Waals surface area contributed by atoms with Crippen molar-refractivity contribution in [3.63, 3.8) is 0 Å². The molecule has 100 valence electrons. The Morgan fingerprint density at radius 3 is 2.45 bits per heavy atom. The van der Waals surface area contributed by atoms with Gasteiger partial charge in [-0.3, -0.25) is 14.9 Å². The van der Waals surface area contributed by atoms with E-state index in [-0.39, 0.29) is 11.1 Å². The fourth-order valence-corrected chi connectivity index (χ4v) is 3.56. The van der Waals surface area contributed by atoms with Crippen LogP contribution in [0.3, 0.4) is 0 Å². The summed E-state index contributed by atoms with van der Waals surface area (Å²) in [7, 11) is 0. The SMILES string of the molecule is Cc1ccc(-c2ccc(C=C3SC(=O)NC3=O)s2)cc1. The Labute approximate surface area is 124 Å². The average Bonchev–Trinajstić information content (AvgIpc) is 2.98. The van der Waals surface area contributed by atoms with Crippen LogP contribution in [-0.4, -0.2) is 11.1 Å². The monoisotopic (exact) mass is 301 g/mol. The van der Waals surface area contributed by atoms with Gasteiger partial charge in [0, 0.05) is 9.75 Å². The first kappa shape index (κ1) is 13.1. The Hall–Kier alpha value is -1.85. The summed E-state index contributed by atoms with van der Waals surface area (Å²) < 4.78 is 0. The average molecular weight is 301 g/mol. The van der Waals surface area contributed by atoms with E-state index >= 15 is 0 Å². The number of hydrogen-bond donors (Lipinski definition) is 1. The van der Waals surface area contributed by atoms with Gasteiger partial charge in [-0.2, -0.15) is 0 Å². The Bertz CT molecular complexity index is 714. The molecule has 3 nitrogen and oxygen atoms in total. The lowest BCUT2D eigenvalue weighted by Gasteiger charge is -1.97. The quantitative estimate of drug-likeness (QED) is 0.851. The largest absolute Gasteiger partial charge is 0.290 e. The van der Waals surface area contributed by atoms with Gasteiger partial charge in [-0.25, -0.2) is 0 Å². The van der Waals surface area contributed by atoms with Gasteiger partial charge in [-0.1, -0.05) is 29.8 Å². The smallest absolute Gasteiger partial charge is 0.282 e. The van der Waals surface area contributed by atoms with Crippen LogP contribution in [0.2, 0.25) is 0 Å². The first-order valence-corrected chi connectivity index (χ1v) is 7.67. The van der Waals surface area contributed by atoms with E-state index in [2.05, 4.69) is 36.5 Å². The minimum atomic E-state index is -0.315. The van der Waals surface area contributed by atoms with Gasteiger partial charge >= 0.3 is 0 Å². The van der Waals surface area contributed by atoms with E-state index in [4.69, 9.17) is 0 Å². The third-order valence-corrected chi connectivity index (χ3v) is 4.77. The molecule has 2 amide bonds. The zero-order valence-electron chi connectivity index (χ0n) is 10.7. The van der Waals surface area contributed by atoms with Gasteiger partial charge in [0.2, 0.25) is 0 Å². The molecule has 0 radical (unpaired) electrons. The third kappa shape index (κ3) is 2.69. The van der Waals surface area contributed by atoms with Crippen molar-refractivity contribution >= 4 is 40.3 Å². The molecule has 1 saturated heterocycles. The number of rotatable bonds is 2. The van der Waals surface area contributed by atoms with E-state index in [1.165, 1.54) is 5.56 Å². The number of thioether (sulfide) groups is 1. The molecule has 0 aliphatic carbocycles. The van der Waals surface area contributed by atoms with Crippen molar-refractivity contribution in [3.8, 4) is 10.4 Å². The molecule has 0 bridgehead atoms. The summed E-state index contributed by atoms with van der Waals surface area (Å²) in [6, 6.07) is 12.3. The van der Waals surface area contributed by atoms with Crippen molar-refractivity contribution in [3.05, 3.63) is 51.7 Å². The van der Waals surface area contributed by atoms with Gasteiger partial charge in [-0.05, 0) is 42.5 Å². The standard InChI is InChI=1S/C15H11NO2S2/c1-9-2-4-10(5-3-9)12-7-6-11(19-12)8-13-14(17)16-15(18)20-13/h2-8H,1H3,(H,16,17,18). The summed E-state index contributed by atoms with van der Waals surface area (Å²) in [6.07, 6.45) is 1.76. The first-order valence-electron chi connectivity index (χ1n) is 6.03. The second-order valence-electron chi connectivity index (χ2n) is 4.42. The molecule has 20 heavy (non-hydrogen) atoms. The molecule has 5 heteroatoms. The third-order valence-electron chi connectivity index (χ3n) is 2.88. The van der Waals surface area contributed by atoms with E-state index < -0.39 is 0 Å². The topological polar surface area (TPSA) is 46.2 Å². The van der Waals surface area contributed by atoms with Crippen molar-refractivity contribution in [2.75, 3.05) is 0 Å².